The smallest absolute Gasteiger partial charge is 0.308 e. The van der Waals surface area contributed by atoms with E-state index in [1.807, 2.05) is 0 Å². The molecule has 0 bridgehead atoms. The Kier molecular flexibility index (Phi) is 10.0. The van der Waals surface area contributed by atoms with Crippen molar-refractivity contribution in [2.75, 3.05) is 14.1 Å². The van der Waals surface area contributed by atoms with Gasteiger partial charge in [0.25, 0.3) is 0 Å². The van der Waals surface area contributed by atoms with Gasteiger partial charge in [-0.3, -0.25) is 19.2 Å². The Bertz CT molecular complexity index is 1640. The lowest BCUT2D eigenvalue weighted by Crippen LogP contribution is -2.63. The maximum absolute atomic E-state index is 13.5. The van der Waals surface area contributed by atoms with Crippen molar-refractivity contribution in [2.45, 2.75) is 13.1 Å². The maximum Gasteiger partial charge on any atom is 0.308 e. The minimum absolute atomic E-state index is 0.0459. The Morgan fingerprint density at radius 2 is 0.792 bits per heavy atom. The van der Waals surface area contributed by atoms with Crippen molar-refractivity contribution < 1.29 is 47.6 Å². The maximum atomic E-state index is 13.5. The first kappa shape index (κ1) is 33.6. The van der Waals surface area contributed by atoms with E-state index in [-0.39, 0.29) is 13.1 Å². The Morgan fingerprint density at radius 1 is 0.521 bits per heavy atom. The van der Waals surface area contributed by atoms with E-state index in [0.29, 0.717) is 34.1 Å². The fourth-order valence-electron chi connectivity index (χ4n) is 5.79. The predicted molar refractivity (Wildman–Crippen MR) is 168 cm³/mol. The zero-order valence-electron chi connectivity index (χ0n) is 26.0. The van der Waals surface area contributed by atoms with Crippen molar-refractivity contribution >= 4 is 23.8 Å². The second-order valence-corrected chi connectivity index (χ2v) is 11.6. The molecule has 1 saturated carbocycles. The molecule has 1 aliphatic carbocycles. The van der Waals surface area contributed by atoms with Gasteiger partial charge in [0, 0.05) is 27.2 Å². The van der Waals surface area contributed by atoms with Crippen LogP contribution >= 0.6 is 0 Å². The van der Waals surface area contributed by atoms with Crippen LogP contribution in [0.3, 0.4) is 0 Å². The number of benzene rings is 4. The number of nitrogens with zero attached hydrogens (tertiary/aromatic N) is 2. The van der Waals surface area contributed by atoms with Crippen molar-refractivity contribution in [2.24, 2.45) is 23.7 Å². The first-order chi connectivity index (χ1) is 22.9. The molecule has 2 amide bonds. The molecule has 0 radical (unpaired) electrons. The van der Waals surface area contributed by atoms with Crippen LogP contribution < -0.4 is 9.47 Å². The van der Waals surface area contributed by atoms with E-state index in [2.05, 4.69) is 0 Å². The highest BCUT2D eigenvalue weighted by molar-refractivity contribution is 5.99. The van der Waals surface area contributed by atoms with E-state index in [1.165, 1.54) is 72.4 Å². The van der Waals surface area contributed by atoms with Crippen LogP contribution in [0.1, 0.15) is 11.1 Å². The standard InChI is InChI=1S/C36H32F2N2O8/c1-39(19-21-3-11-25(12-4-21)47-27-15-7-23(37)8-16-27)33(41)29-31(35(43)44)30(32(29)36(45)46)34(42)40(2)20-22-5-13-26(14-6-22)48-28-17-9-24(38)10-18-28/h3-18,29-32H,19-20H2,1-2H3,(H,43,44)(H,45,46). The van der Waals surface area contributed by atoms with Crippen molar-refractivity contribution in [3.8, 4) is 23.0 Å². The summed E-state index contributed by atoms with van der Waals surface area (Å²) in [6, 6.07) is 24.3. The van der Waals surface area contributed by atoms with Gasteiger partial charge in [0.2, 0.25) is 11.8 Å². The molecule has 0 saturated heterocycles. The molecule has 1 fully saturated rings. The minimum atomic E-state index is -1.53. The number of carboxylic acids is 2. The highest BCUT2D eigenvalue weighted by Crippen LogP contribution is 2.48. The van der Waals surface area contributed by atoms with Crippen molar-refractivity contribution in [1.82, 2.24) is 9.80 Å². The third-order valence-corrected chi connectivity index (χ3v) is 8.23. The van der Waals surface area contributed by atoms with Gasteiger partial charge in [-0.15, -0.1) is 0 Å². The number of carboxylic acid groups (broad SMARTS) is 2. The SMILES string of the molecule is CN(Cc1ccc(Oc2ccc(F)cc2)cc1)C(=O)C1C(C(=O)O)C(C(=O)N(C)Cc2ccc(Oc3ccc(F)cc3)cc2)C1C(=O)O. The van der Waals surface area contributed by atoms with E-state index in [9.17, 15) is 38.2 Å². The van der Waals surface area contributed by atoms with E-state index < -0.39 is 59.1 Å². The molecule has 12 heteroatoms. The molecular formula is C36H32F2N2O8. The summed E-state index contributed by atoms with van der Waals surface area (Å²) >= 11 is 0. The Morgan fingerprint density at radius 3 is 1.06 bits per heavy atom. The van der Waals surface area contributed by atoms with Gasteiger partial charge >= 0.3 is 11.9 Å². The van der Waals surface area contributed by atoms with Crippen molar-refractivity contribution in [3.63, 3.8) is 0 Å². The van der Waals surface area contributed by atoms with Crippen LogP contribution in [0.25, 0.3) is 0 Å². The van der Waals surface area contributed by atoms with E-state index >= 15 is 0 Å². The average Bonchev–Trinajstić information content (AvgIpc) is 3.04. The van der Waals surface area contributed by atoms with Crippen LogP contribution in [0.5, 0.6) is 23.0 Å². The van der Waals surface area contributed by atoms with Gasteiger partial charge in [-0.25, -0.2) is 8.78 Å². The van der Waals surface area contributed by atoms with Gasteiger partial charge in [0.1, 0.15) is 34.6 Å². The molecule has 0 aliphatic heterocycles. The van der Waals surface area contributed by atoms with E-state index in [1.54, 1.807) is 48.5 Å². The molecule has 2 N–H and O–H groups in total. The summed E-state index contributed by atoms with van der Waals surface area (Å²) in [4.78, 5) is 54.2. The number of halogens is 2. The van der Waals surface area contributed by atoms with Crippen molar-refractivity contribution in [1.29, 1.82) is 0 Å². The summed E-state index contributed by atoms with van der Waals surface area (Å²) in [6.45, 7) is 0.0917. The van der Waals surface area contributed by atoms with Crippen molar-refractivity contribution in [3.05, 3.63) is 120 Å². The molecular weight excluding hydrogens is 626 g/mol. The quantitative estimate of drug-likeness (QED) is 0.195. The lowest BCUT2D eigenvalue weighted by Gasteiger charge is -2.47. The number of amides is 2. The van der Waals surface area contributed by atoms with Gasteiger partial charge in [0.15, 0.2) is 0 Å². The molecule has 5 rings (SSSR count). The molecule has 4 aromatic rings. The molecule has 0 spiro atoms. The topological polar surface area (TPSA) is 134 Å². The second kappa shape index (κ2) is 14.3. The average molecular weight is 659 g/mol. The zero-order valence-corrected chi connectivity index (χ0v) is 26.0. The summed E-state index contributed by atoms with van der Waals surface area (Å²) in [5.41, 5.74) is 1.33. The van der Waals surface area contributed by atoms with Gasteiger partial charge in [-0.2, -0.15) is 0 Å². The highest BCUT2D eigenvalue weighted by Gasteiger charge is 2.64. The van der Waals surface area contributed by atoms with Gasteiger partial charge in [-0.1, -0.05) is 24.3 Å². The molecule has 0 unspecified atom stereocenters. The molecule has 0 aromatic heterocycles. The van der Waals surface area contributed by atoms with Gasteiger partial charge < -0.3 is 29.5 Å². The number of hydrogen-bond donors (Lipinski definition) is 2. The lowest BCUT2D eigenvalue weighted by molar-refractivity contribution is -0.186. The largest absolute Gasteiger partial charge is 0.481 e. The number of aliphatic carboxylic acids is 2. The third kappa shape index (κ3) is 7.60. The summed E-state index contributed by atoms with van der Waals surface area (Å²) in [6.07, 6.45) is 0. The lowest BCUT2D eigenvalue weighted by atomic mass is 9.55. The molecule has 10 nitrogen and oxygen atoms in total. The monoisotopic (exact) mass is 658 g/mol. The van der Waals surface area contributed by atoms with Crippen LogP contribution in [0.15, 0.2) is 97.1 Å². The number of carbonyl (C=O) groups is 4. The number of ether oxygens (including phenoxy) is 2. The van der Waals surface area contributed by atoms with Crippen LogP contribution in [0, 0.1) is 35.3 Å². The molecule has 248 valence electrons. The number of hydrogen-bond acceptors (Lipinski definition) is 6. The fraction of sp³-hybridized carbons (Fsp3) is 0.222. The fourth-order valence-corrected chi connectivity index (χ4v) is 5.79. The summed E-state index contributed by atoms with van der Waals surface area (Å²) < 4.78 is 37.7. The Balaban J connectivity index is 1.22. The van der Waals surface area contributed by atoms with Gasteiger partial charge in [0.05, 0.1) is 23.7 Å². The molecule has 4 aromatic carbocycles. The Labute approximate surface area is 274 Å². The number of rotatable bonds is 12. The molecule has 1 aliphatic rings. The van der Waals surface area contributed by atoms with Gasteiger partial charge in [-0.05, 0) is 83.9 Å². The summed E-state index contributed by atoms with van der Waals surface area (Å²) in [5.74, 6) is -9.23. The first-order valence-electron chi connectivity index (χ1n) is 14.9. The molecule has 0 heterocycles. The molecule has 48 heavy (non-hydrogen) atoms. The van der Waals surface area contributed by atoms with Crippen LogP contribution in [-0.4, -0.2) is 57.9 Å². The number of carbonyl (C=O) groups excluding carboxylic acids is 2. The molecule has 0 atom stereocenters. The highest BCUT2D eigenvalue weighted by atomic mass is 19.1. The predicted octanol–water partition coefficient (Wildman–Crippen LogP) is 5.81. The van der Waals surface area contributed by atoms with Crippen LogP contribution in [-0.2, 0) is 32.3 Å². The summed E-state index contributed by atoms with van der Waals surface area (Å²) in [7, 11) is 2.88. The minimum Gasteiger partial charge on any atom is -0.481 e. The second-order valence-electron chi connectivity index (χ2n) is 11.6. The normalized spacial score (nSPS) is 18.2. The Hall–Kier alpha value is -5.78. The first-order valence-corrected chi connectivity index (χ1v) is 14.9. The summed E-state index contributed by atoms with van der Waals surface area (Å²) in [5, 5.41) is 20.1. The zero-order chi connectivity index (χ0) is 34.5. The van der Waals surface area contributed by atoms with E-state index in [4.69, 9.17) is 9.47 Å². The third-order valence-electron chi connectivity index (χ3n) is 8.23. The van der Waals surface area contributed by atoms with E-state index in [0.717, 1.165) is 0 Å². The van der Waals surface area contributed by atoms with Crippen LogP contribution in [0.2, 0.25) is 0 Å². The van der Waals surface area contributed by atoms with Crippen LogP contribution in [0.4, 0.5) is 8.78 Å².